The van der Waals surface area contributed by atoms with Gasteiger partial charge < -0.3 is 109 Å². The maximum absolute atomic E-state index is 14.5. The number of aliphatic hydroxyl groups excluding tert-OH is 14. The van der Waals surface area contributed by atoms with Crippen LogP contribution in [0.4, 0.5) is 0 Å². The average molecular weight is 903 g/mol. The van der Waals surface area contributed by atoms with Gasteiger partial charge in [-0.1, -0.05) is 12.1 Å². The average Bonchev–Trinajstić information content (AvgIpc) is 3.26. The zero-order chi connectivity index (χ0) is 45.8. The minimum absolute atomic E-state index is 0.161. The van der Waals surface area contributed by atoms with Gasteiger partial charge in [-0.15, -0.1) is 0 Å². The Bertz CT molecular complexity index is 1950. The number of hydrogen-bond acceptors (Lipinski definition) is 24. The van der Waals surface area contributed by atoms with Crippen LogP contribution < -0.4 is 9.47 Å². The third kappa shape index (κ3) is 8.97. The van der Waals surface area contributed by atoms with Crippen molar-refractivity contribution in [3.63, 3.8) is 0 Å². The molecule has 24 heteroatoms. The third-order valence-corrected chi connectivity index (χ3v) is 11.6. The van der Waals surface area contributed by atoms with Crippen LogP contribution in [0.1, 0.15) is 37.4 Å². The zero-order valence-corrected chi connectivity index (χ0v) is 33.1. The standard InChI is InChI=1S/C39H50O24/c1-11-5-13-21(15(6-11)59-39-35(55)31(51)26(46)19(63-39)10-57-37-33(53)29(49)24(44)17(8-41)61-37)27(47)20-12(22(13)42)3-2-4-14(20)58-38-34(54)30(50)25(45)18(62-38)9-56-36-32(52)28(48)23(43)16(7-40)60-36/h2-6,16-19,23-26,28-41,43-46,48-55H,7-10H2,1H3/t16-,17-,18-,19-,23-,24-,25-,26-,28+,29+,30+,31+,32-,33-,34-,35-,36-,37-,38-,39-/m1/s1. The van der Waals surface area contributed by atoms with E-state index in [0.717, 1.165) is 0 Å². The molecule has 0 bridgehead atoms. The van der Waals surface area contributed by atoms with E-state index in [1.807, 2.05) is 0 Å². The Hall–Kier alpha value is -3.42. The van der Waals surface area contributed by atoms with Crippen LogP contribution in [0.5, 0.6) is 11.5 Å². The molecule has 7 rings (SSSR count). The van der Waals surface area contributed by atoms with Crippen LogP contribution in [0.25, 0.3) is 0 Å². The SMILES string of the molecule is Cc1cc(O[C@@H]2O[C@H](CO[C@@H]3O[C@H](CO)[C@@H](O)[C@H](O)[C@H]3O)[C@@H](O)[C@H](O)[C@H]2O)c2c(c1)C(=O)c1cccc(O[C@@H]3O[C@H](CO[C@@H]4O[C@H](CO)[C@@H](O)[C@H](O)[C@H]4O)[C@@H](O)[C@H](O)[C@H]3O)c1C2=O. The van der Waals surface area contributed by atoms with Gasteiger partial charge in [-0.05, 0) is 30.7 Å². The summed E-state index contributed by atoms with van der Waals surface area (Å²) in [5, 5.41) is 145. The molecule has 0 aromatic heterocycles. The molecule has 2 aromatic carbocycles. The molecule has 4 saturated heterocycles. The monoisotopic (exact) mass is 902 g/mol. The van der Waals surface area contributed by atoms with Crippen LogP contribution in [0, 0.1) is 6.92 Å². The lowest BCUT2D eigenvalue weighted by Gasteiger charge is -2.43. The number of ether oxygens (including phenoxy) is 8. The van der Waals surface area contributed by atoms with E-state index in [1.54, 1.807) is 6.92 Å². The maximum atomic E-state index is 14.5. The number of carbonyl (C=O) groups is 2. The summed E-state index contributed by atoms with van der Waals surface area (Å²) >= 11 is 0. The Morgan fingerprint density at radius 3 is 1.32 bits per heavy atom. The highest BCUT2D eigenvalue weighted by atomic mass is 16.7. The van der Waals surface area contributed by atoms with Gasteiger partial charge in [0.1, 0.15) is 109 Å². The van der Waals surface area contributed by atoms with Crippen LogP contribution in [-0.4, -0.2) is 232 Å². The first-order valence-corrected chi connectivity index (χ1v) is 19.8. The Balaban J connectivity index is 1.10. The molecular formula is C39H50O24. The fourth-order valence-corrected chi connectivity index (χ4v) is 7.93. The van der Waals surface area contributed by atoms with E-state index in [-0.39, 0.29) is 33.8 Å². The van der Waals surface area contributed by atoms with Crippen LogP contribution in [0.3, 0.4) is 0 Å². The molecule has 24 nitrogen and oxygen atoms in total. The molecule has 4 fully saturated rings. The molecule has 0 saturated carbocycles. The molecule has 63 heavy (non-hydrogen) atoms. The van der Waals surface area contributed by atoms with Crippen LogP contribution in [0.15, 0.2) is 30.3 Å². The Labute approximate surface area is 356 Å². The summed E-state index contributed by atoms with van der Waals surface area (Å²) in [6.45, 7) is -1.33. The molecule has 2 aromatic rings. The van der Waals surface area contributed by atoms with Crippen molar-refractivity contribution in [1.82, 2.24) is 0 Å². The van der Waals surface area contributed by atoms with Crippen LogP contribution in [0.2, 0.25) is 0 Å². The second-order valence-corrected chi connectivity index (χ2v) is 15.8. The zero-order valence-electron chi connectivity index (χ0n) is 33.1. The van der Waals surface area contributed by atoms with Crippen molar-refractivity contribution < 1.29 is 119 Å². The largest absolute Gasteiger partial charge is 0.461 e. The highest BCUT2D eigenvalue weighted by Gasteiger charge is 2.51. The summed E-state index contributed by atoms with van der Waals surface area (Å²) < 4.78 is 44.9. The predicted octanol–water partition coefficient (Wildman–Crippen LogP) is -7.22. The fourth-order valence-electron chi connectivity index (χ4n) is 7.93. The minimum Gasteiger partial charge on any atom is -0.461 e. The van der Waals surface area contributed by atoms with Crippen molar-refractivity contribution in [3.05, 3.63) is 58.1 Å². The fraction of sp³-hybridized carbons (Fsp3) is 0.641. The summed E-state index contributed by atoms with van der Waals surface area (Å²) in [6, 6.07) is 6.61. The Morgan fingerprint density at radius 1 is 0.460 bits per heavy atom. The lowest BCUT2D eigenvalue weighted by molar-refractivity contribution is -0.323. The first-order valence-electron chi connectivity index (χ1n) is 19.8. The quantitative estimate of drug-likeness (QED) is 0.0803. The number of aryl methyl sites for hydroxylation is 1. The Kier molecular flexibility index (Phi) is 14.5. The van der Waals surface area contributed by atoms with Crippen molar-refractivity contribution in [2.24, 2.45) is 0 Å². The van der Waals surface area contributed by atoms with E-state index >= 15 is 0 Å². The van der Waals surface area contributed by atoms with Crippen molar-refractivity contribution in [3.8, 4) is 11.5 Å². The van der Waals surface area contributed by atoms with E-state index < -0.39 is 161 Å². The van der Waals surface area contributed by atoms with E-state index in [4.69, 9.17) is 37.9 Å². The number of fused-ring (bicyclic) bond motifs is 2. The maximum Gasteiger partial charge on any atom is 0.229 e. The van der Waals surface area contributed by atoms with Gasteiger partial charge in [0.05, 0.1) is 37.6 Å². The van der Waals surface area contributed by atoms with Crippen molar-refractivity contribution in [2.75, 3.05) is 26.4 Å². The molecule has 14 N–H and O–H groups in total. The van der Waals surface area contributed by atoms with Gasteiger partial charge in [-0.25, -0.2) is 0 Å². The van der Waals surface area contributed by atoms with Gasteiger partial charge >= 0.3 is 0 Å². The summed E-state index contributed by atoms with van der Waals surface area (Å²) in [7, 11) is 0. The first kappa shape index (κ1) is 47.5. The number of ketones is 2. The number of benzene rings is 2. The highest BCUT2D eigenvalue weighted by molar-refractivity contribution is 6.30. The van der Waals surface area contributed by atoms with Gasteiger partial charge in [0.15, 0.2) is 18.4 Å². The lowest BCUT2D eigenvalue weighted by Crippen LogP contribution is -2.62. The molecule has 0 amide bonds. The molecule has 350 valence electrons. The van der Waals surface area contributed by atoms with Gasteiger partial charge in [0.2, 0.25) is 18.4 Å². The van der Waals surface area contributed by atoms with E-state index in [1.165, 1.54) is 30.3 Å². The molecule has 4 aliphatic heterocycles. The van der Waals surface area contributed by atoms with Crippen LogP contribution in [-0.2, 0) is 28.4 Å². The topological polar surface area (TPSA) is 391 Å². The molecule has 0 unspecified atom stereocenters. The number of hydrogen-bond donors (Lipinski definition) is 14. The highest BCUT2D eigenvalue weighted by Crippen LogP contribution is 2.40. The lowest BCUT2D eigenvalue weighted by atomic mass is 9.82. The van der Waals surface area contributed by atoms with Crippen LogP contribution >= 0.6 is 0 Å². The number of carbonyl (C=O) groups excluding carboxylic acids is 2. The molecular weight excluding hydrogens is 852 g/mol. The van der Waals surface area contributed by atoms with Crippen molar-refractivity contribution in [2.45, 2.75) is 130 Å². The normalized spacial score (nSPS) is 41.8. The molecule has 1 aliphatic carbocycles. The molecule has 4 heterocycles. The molecule has 0 spiro atoms. The minimum atomic E-state index is -1.98. The van der Waals surface area contributed by atoms with E-state index in [2.05, 4.69) is 0 Å². The van der Waals surface area contributed by atoms with Gasteiger partial charge in [-0.2, -0.15) is 0 Å². The summed E-state index contributed by atoms with van der Waals surface area (Å²) in [6.07, 6.45) is -35.0. The van der Waals surface area contributed by atoms with E-state index in [9.17, 15) is 81.1 Å². The first-order chi connectivity index (χ1) is 29.9. The molecule has 20 atom stereocenters. The molecule has 5 aliphatic rings. The Morgan fingerprint density at radius 2 is 0.857 bits per heavy atom. The summed E-state index contributed by atoms with van der Waals surface area (Å²) in [5.41, 5.74) is -0.692. The van der Waals surface area contributed by atoms with Crippen molar-refractivity contribution in [1.29, 1.82) is 0 Å². The summed E-state index contributed by atoms with van der Waals surface area (Å²) in [4.78, 5) is 28.6. The smallest absolute Gasteiger partial charge is 0.229 e. The number of aliphatic hydroxyl groups is 14. The summed E-state index contributed by atoms with van der Waals surface area (Å²) in [5.74, 6) is -2.31. The third-order valence-electron chi connectivity index (χ3n) is 11.6. The molecule has 0 radical (unpaired) electrons. The van der Waals surface area contributed by atoms with E-state index in [0.29, 0.717) is 5.56 Å². The second kappa shape index (κ2) is 19.2. The predicted molar refractivity (Wildman–Crippen MR) is 199 cm³/mol. The van der Waals surface area contributed by atoms with Gasteiger partial charge in [0, 0.05) is 11.1 Å². The second-order valence-electron chi connectivity index (χ2n) is 15.8. The van der Waals surface area contributed by atoms with Gasteiger partial charge in [0.25, 0.3) is 0 Å². The van der Waals surface area contributed by atoms with Gasteiger partial charge in [-0.3, -0.25) is 9.59 Å². The van der Waals surface area contributed by atoms with Crippen molar-refractivity contribution >= 4 is 11.6 Å². The number of rotatable bonds is 12.